The lowest BCUT2D eigenvalue weighted by Gasteiger charge is -2.32. The topological polar surface area (TPSA) is 20.3 Å². The van der Waals surface area contributed by atoms with E-state index >= 15 is 0 Å². The zero-order chi connectivity index (χ0) is 14.5. The molecule has 1 aliphatic heterocycles. The lowest BCUT2D eigenvalue weighted by Crippen LogP contribution is -2.41. The second-order valence-corrected chi connectivity index (χ2v) is 7.29. The Morgan fingerprint density at radius 2 is 2.05 bits per heavy atom. The minimum atomic E-state index is -0.000297. The molecule has 20 heavy (non-hydrogen) atoms. The number of hydrogen-bond donors (Lipinski definition) is 0. The quantitative estimate of drug-likeness (QED) is 0.829. The molecule has 0 radical (unpaired) electrons. The monoisotopic (exact) mass is 311 g/mol. The predicted octanol–water partition coefficient (Wildman–Crippen LogP) is 4.22. The van der Waals surface area contributed by atoms with E-state index in [1.165, 1.54) is 0 Å². The van der Waals surface area contributed by atoms with Crippen molar-refractivity contribution < 1.29 is 4.79 Å². The SMILES string of the molecule is CC1CCN(C(=O)C(C)SCc2ccccc2Cl)CC1. The number of likely N-dealkylation sites (tertiary alicyclic amines) is 1. The van der Waals surface area contributed by atoms with Gasteiger partial charge in [-0.1, -0.05) is 36.7 Å². The predicted molar refractivity (Wildman–Crippen MR) is 87.2 cm³/mol. The molecule has 0 spiro atoms. The summed E-state index contributed by atoms with van der Waals surface area (Å²) in [5.74, 6) is 1.82. The Balaban J connectivity index is 1.84. The Bertz CT molecular complexity index is 458. The van der Waals surface area contributed by atoms with E-state index in [-0.39, 0.29) is 11.2 Å². The maximum Gasteiger partial charge on any atom is 0.235 e. The fourth-order valence-electron chi connectivity index (χ4n) is 2.39. The van der Waals surface area contributed by atoms with Crippen molar-refractivity contribution in [1.82, 2.24) is 4.90 Å². The molecule has 110 valence electrons. The zero-order valence-corrected chi connectivity index (χ0v) is 13.7. The number of nitrogens with zero attached hydrogens (tertiary/aromatic N) is 1. The van der Waals surface area contributed by atoms with Gasteiger partial charge in [0.2, 0.25) is 5.91 Å². The molecule has 1 aliphatic rings. The summed E-state index contributed by atoms with van der Waals surface area (Å²) in [7, 11) is 0. The Kier molecular flexibility index (Phi) is 5.79. The minimum absolute atomic E-state index is 0.000297. The Labute approximate surface area is 130 Å². The fourth-order valence-corrected chi connectivity index (χ4v) is 3.64. The van der Waals surface area contributed by atoms with Crippen LogP contribution in [0.25, 0.3) is 0 Å². The van der Waals surface area contributed by atoms with Crippen LogP contribution in [0, 0.1) is 5.92 Å². The Hall–Kier alpha value is -0.670. The van der Waals surface area contributed by atoms with Crippen LogP contribution in [0.5, 0.6) is 0 Å². The van der Waals surface area contributed by atoms with Gasteiger partial charge in [-0.25, -0.2) is 0 Å². The van der Waals surface area contributed by atoms with Gasteiger partial charge in [0.05, 0.1) is 5.25 Å². The van der Waals surface area contributed by atoms with Gasteiger partial charge in [0.15, 0.2) is 0 Å². The summed E-state index contributed by atoms with van der Waals surface area (Å²) in [6.45, 7) is 6.09. The second kappa shape index (κ2) is 7.37. The third-order valence-corrected chi connectivity index (χ3v) is 5.44. The molecule has 1 heterocycles. The van der Waals surface area contributed by atoms with Crippen LogP contribution in [-0.2, 0) is 10.5 Å². The molecular formula is C16H22ClNOS. The summed E-state index contributed by atoms with van der Waals surface area (Å²) in [5.41, 5.74) is 1.10. The molecule has 0 saturated carbocycles. The van der Waals surface area contributed by atoms with Gasteiger partial charge in [-0.15, -0.1) is 11.8 Å². The van der Waals surface area contributed by atoms with Crippen LogP contribution in [0.4, 0.5) is 0 Å². The van der Waals surface area contributed by atoms with E-state index in [0.717, 1.165) is 48.2 Å². The number of thioether (sulfide) groups is 1. The van der Waals surface area contributed by atoms with E-state index in [4.69, 9.17) is 11.6 Å². The summed E-state index contributed by atoms with van der Waals surface area (Å²) >= 11 is 7.81. The van der Waals surface area contributed by atoms with Gasteiger partial charge in [-0.2, -0.15) is 0 Å². The largest absolute Gasteiger partial charge is 0.342 e. The van der Waals surface area contributed by atoms with Crippen LogP contribution >= 0.6 is 23.4 Å². The highest BCUT2D eigenvalue weighted by molar-refractivity contribution is 7.99. The van der Waals surface area contributed by atoms with Crippen molar-refractivity contribution in [3.63, 3.8) is 0 Å². The van der Waals surface area contributed by atoms with Gasteiger partial charge in [0.25, 0.3) is 0 Å². The average Bonchev–Trinajstić information content (AvgIpc) is 2.46. The van der Waals surface area contributed by atoms with Crippen molar-refractivity contribution in [3.05, 3.63) is 34.9 Å². The lowest BCUT2D eigenvalue weighted by atomic mass is 9.99. The maximum absolute atomic E-state index is 12.4. The second-order valence-electron chi connectivity index (χ2n) is 5.55. The van der Waals surface area contributed by atoms with Gasteiger partial charge in [-0.05, 0) is 37.3 Å². The summed E-state index contributed by atoms with van der Waals surface area (Å²) in [6.07, 6.45) is 2.27. The number of carbonyl (C=O) groups is 1. The van der Waals surface area contributed by atoms with E-state index in [1.807, 2.05) is 36.1 Å². The molecule has 2 nitrogen and oxygen atoms in total. The number of piperidine rings is 1. The van der Waals surface area contributed by atoms with E-state index < -0.39 is 0 Å². The maximum atomic E-state index is 12.4. The van der Waals surface area contributed by atoms with Crippen molar-refractivity contribution in [1.29, 1.82) is 0 Å². The first-order valence-corrected chi connectivity index (χ1v) is 8.64. The first kappa shape index (κ1) is 15.7. The van der Waals surface area contributed by atoms with E-state index in [9.17, 15) is 4.79 Å². The molecule has 4 heteroatoms. The zero-order valence-electron chi connectivity index (χ0n) is 12.1. The number of rotatable bonds is 4. The van der Waals surface area contributed by atoms with Crippen LogP contribution in [0.3, 0.4) is 0 Å². The average molecular weight is 312 g/mol. The summed E-state index contributed by atoms with van der Waals surface area (Å²) in [4.78, 5) is 14.4. The minimum Gasteiger partial charge on any atom is -0.342 e. The number of hydrogen-bond acceptors (Lipinski definition) is 2. The van der Waals surface area contributed by atoms with Gasteiger partial charge < -0.3 is 4.90 Å². The van der Waals surface area contributed by atoms with Crippen molar-refractivity contribution >= 4 is 29.3 Å². The molecule has 0 aromatic heterocycles. The van der Waals surface area contributed by atoms with Gasteiger partial charge in [0.1, 0.15) is 0 Å². The standard InChI is InChI=1S/C16H22ClNOS/c1-12-7-9-18(10-8-12)16(19)13(2)20-11-14-5-3-4-6-15(14)17/h3-6,12-13H,7-11H2,1-2H3. The third kappa shape index (κ3) is 4.16. The van der Waals surface area contributed by atoms with Gasteiger partial charge in [0, 0.05) is 23.9 Å². The van der Waals surface area contributed by atoms with Crippen LogP contribution in [0.2, 0.25) is 5.02 Å². The van der Waals surface area contributed by atoms with E-state index in [0.29, 0.717) is 0 Å². The number of carbonyl (C=O) groups excluding carboxylic acids is 1. The molecule has 1 aromatic rings. The van der Waals surface area contributed by atoms with Crippen LogP contribution < -0.4 is 0 Å². The van der Waals surface area contributed by atoms with Crippen LogP contribution in [0.15, 0.2) is 24.3 Å². The summed E-state index contributed by atoms with van der Waals surface area (Å²) in [6, 6.07) is 7.84. The molecule has 2 rings (SSSR count). The third-order valence-electron chi connectivity index (χ3n) is 3.89. The number of halogens is 1. The normalized spacial score (nSPS) is 18.1. The molecular weight excluding hydrogens is 290 g/mol. The van der Waals surface area contributed by atoms with Crippen LogP contribution in [0.1, 0.15) is 32.3 Å². The lowest BCUT2D eigenvalue weighted by molar-refractivity contribution is -0.131. The van der Waals surface area contributed by atoms with Gasteiger partial charge in [-0.3, -0.25) is 4.79 Å². The highest BCUT2D eigenvalue weighted by Gasteiger charge is 2.24. The molecule has 1 aromatic carbocycles. The fraction of sp³-hybridized carbons (Fsp3) is 0.562. The molecule has 1 saturated heterocycles. The Morgan fingerprint density at radius 3 is 2.70 bits per heavy atom. The highest BCUT2D eigenvalue weighted by Crippen LogP contribution is 2.25. The summed E-state index contributed by atoms with van der Waals surface area (Å²) in [5, 5.41) is 0.783. The van der Waals surface area contributed by atoms with Crippen LogP contribution in [-0.4, -0.2) is 29.1 Å². The smallest absolute Gasteiger partial charge is 0.235 e. The van der Waals surface area contributed by atoms with Crippen molar-refractivity contribution in [2.75, 3.05) is 13.1 Å². The van der Waals surface area contributed by atoms with E-state index in [1.54, 1.807) is 11.8 Å². The van der Waals surface area contributed by atoms with E-state index in [2.05, 4.69) is 6.92 Å². The van der Waals surface area contributed by atoms with Crippen molar-refractivity contribution in [2.45, 2.75) is 37.7 Å². The molecule has 0 aliphatic carbocycles. The molecule has 0 bridgehead atoms. The number of benzene rings is 1. The molecule has 0 N–H and O–H groups in total. The highest BCUT2D eigenvalue weighted by atomic mass is 35.5. The molecule has 1 atom stereocenters. The molecule has 1 fully saturated rings. The number of amides is 1. The van der Waals surface area contributed by atoms with Gasteiger partial charge >= 0.3 is 0 Å². The molecule has 1 unspecified atom stereocenters. The summed E-state index contributed by atoms with van der Waals surface area (Å²) < 4.78 is 0. The first-order chi connectivity index (χ1) is 9.58. The Morgan fingerprint density at radius 1 is 1.40 bits per heavy atom. The van der Waals surface area contributed by atoms with Crippen molar-refractivity contribution in [2.24, 2.45) is 5.92 Å². The molecule has 1 amide bonds. The first-order valence-electron chi connectivity index (χ1n) is 7.21. The van der Waals surface area contributed by atoms with Crippen molar-refractivity contribution in [3.8, 4) is 0 Å².